The second kappa shape index (κ2) is 11.9. The molecule has 1 heterocycles. The van der Waals surface area contributed by atoms with Crippen molar-refractivity contribution in [3.05, 3.63) is 54.1 Å². The Kier molecular flexibility index (Phi) is 9.40. The number of rotatable bonds is 13. The van der Waals surface area contributed by atoms with Crippen LogP contribution >= 0.6 is 0 Å². The summed E-state index contributed by atoms with van der Waals surface area (Å²) >= 11 is 0. The van der Waals surface area contributed by atoms with Gasteiger partial charge in [-0.1, -0.05) is 88.6 Å². The Labute approximate surface area is 154 Å². The Morgan fingerprint density at radius 2 is 1.40 bits per heavy atom. The Bertz CT molecular complexity index is 571. The minimum absolute atomic E-state index is 1.02. The molecule has 0 spiro atoms. The van der Waals surface area contributed by atoms with Crippen LogP contribution in [0.5, 0.6) is 0 Å². The molecule has 0 radical (unpaired) electrons. The highest BCUT2D eigenvalue weighted by Gasteiger charge is 2.14. The molecule has 2 nitrogen and oxygen atoms in total. The molecule has 25 heavy (non-hydrogen) atoms. The molecular formula is C23H37N2+. The molecule has 0 saturated carbocycles. The van der Waals surface area contributed by atoms with E-state index in [1.165, 1.54) is 75.6 Å². The van der Waals surface area contributed by atoms with Gasteiger partial charge >= 0.3 is 0 Å². The lowest BCUT2D eigenvalue weighted by molar-refractivity contribution is -0.678. The Morgan fingerprint density at radius 1 is 0.800 bits per heavy atom. The van der Waals surface area contributed by atoms with Crippen LogP contribution in [0.15, 0.2) is 42.7 Å². The zero-order valence-electron chi connectivity index (χ0n) is 16.4. The number of benzene rings is 1. The summed E-state index contributed by atoms with van der Waals surface area (Å²) in [5, 5.41) is 0. The molecule has 0 aliphatic rings. The number of aromatic nitrogens is 2. The van der Waals surface area contributed by atoms with E-state index in [0.29, 0.717) is 0 Å². The minimum Gasteiger partial charge on any atom is -0.237 e. The molecule has 2 aromatic rings. The summed E-state index contributed by atoms with van der Waals surface area (Å²) in [5.74, 6) is 1.40. The van der Waals surface area contributed by atoms with Crippen molar-refractivity contribution >= 4 is 0 Å². The van der Waals surface area contributed by atoms with Gasteiger partial charge in [0.2, 0.25) is 0 Å². The van der Waals surface area contributed by atoms with E-state index in [1.54, 1.807) is 0 Å². The highest BCUT2D eigenvalue weighted by atomic mass is 15.1. The first-order valence-electron chi connectivity index (χ1n) is 10.4. The van der Waals surface area contributed by atoms with Gasteiger partial charge in [-0.15, -0.1) is 0 Å². The zero-order valence-corrected chi connectivity index (χ0v) is 16.4. The fourth-order valence-corrected chi connectivity index (χ4v) is 3.53. The molecule has 0 fully saturated rings. The van der Waals surface area contributed by atoms with Crippen LogP contribution in [0.3, 0.4) is 0 Å². The first-order valence-corrected chi connectivity index (χ1v) is 10.4. The summed E-state index contributed by atoms with van der Waals surface area (Å²) in [6.45, 7) is 3.44. The summed E-state index contributed by atoms with van der Waals surface area (Å²) in [6, 6.07) is 10.8. The van der Waals surface area contributed by atoms with Crippen LogP contribution in [-0.2, 0) is 20.0 Å². The molecule has 0 atom stereocenters. The van der Waals surface area contributed by atoms with Crippen LogP contribution in [-0.4, -0.2) is 4.57 Å². The summed E-state index contributed by atoms with van der Waals surface area (Å²) in [5.41, 5.74) is 1.39. The first-order chi connectivity index (χ1) is 12.3. The highest BCUT2D eigenvalue weighted by molar-refractivity contribution is 5.18. The molecule has 0 saturated heterocycles. The standard InChI is InChI=1S/C23H37N2/c1-3-4-5-6-7-8-9-10-11-15-18-25-20-19-24(2)23(25)21-22-16-13-12-14-17-22/h12-14,16-17,19-20H,3-11,15,18,21H2,1-2H3/q+1. The molecule has 1 aromatic carbocycles. The van der Waals surface area contributed by atoms with Gasteiger partial charge in [0.1, 0.15) is 12.4 Å². The SMILES string of the molecule is CCCCCCCCCCCCn1cc[n+](C)c1Cc1ccccc1. The van der Waals surface area contributed by atoms with Gasteiger partial charge in [-0.3, -0.25) is 0 Å². The molecule has 0 amide bonds. The fraction of sp³-hybridized carbons (Fsp3) is 0.609. The summed E-state index contributed by atoms with van der Waals surface area (Å²) < 4.78 is 4.71. The smallest absolute Gasteiger partial charge is 0.237 e. The van der Waals surface area contributed by atoms with Crippen molar-refractivity contribution in [3.8, 4) is 0 Å². The van der Waals surface area contributed by atoms with E-state index in [4.69, 9.17) is 0 Å². The van der Waals surface area contributed by atoms with Crippen LogP contribution in [0.1, 0.15) is 82.5 Å². The third-order valence-corrected chi connectivity index (χ3v) is 5.17. The van der Waals surface area contributed by atoms with E-state index >= 15 is 0 Å². The predicted octanol–water partition coefficient (Wildman–Crippen LogP) is 5.82. The van der Waals surface area contributed by atoms with Gasteiger partial charge in [0.05, 0.1) is 20.0 Å². The van der Waals surface area contributed by atoms with E-state index in [1.807, 2.05) is 0 Å². The maximum absolute atomic E-state index is 2.44. The van der Waals surface area contributed by atoms with E-state index in [2.05, 4.69) is 65.8 Å². The average Bonchev–Trinajstić information content (AvgIpc) is 2.97. The largest absolute Gasteiger partial charge is 0.260 e. The van der Waals surface area contributed by atoms with Gasteiger partial charge in [0, 0.05) is 0 Å². The number of aryl methyl sites for hydroxylation is 2. The summed E-state index contributed by atoms with van der Waals surface area (Å²) in [6.07, 6.45) is 19.4. The average molecular weight is 342 g/mol. The normalized spacial score (nSPS) is 11.1. The Morgan fingerprint density at radius 3 is 2.04 bits per heavy atom. The van der Waals surface area contributed by atoms with Crippen LogP contribution < -0.4 is 4.57 Å². The van der Waals surface area contributed by atoms with E-state index in [0.717, 1.165) is 13.0 Å². The topological polar surface area (TPSA) is 8.81 Å². The van der Waals surface area contributed by atoms with Crippen molar-refractivity contribution < 1.29 is 4.57 Å². The molecular weight excluding hydrogens is 304 g/mol. The molecule has 0 N–H and O–H groups in total. The lowest BCUT2D eigenvalue weighted by Crippen LogP contribution is -2.32. The molecule has 2 heteroatoms. The Balaban J connectivity index is 1.63. The monoisotopic (exact) mass is 341 g/mol. The zero-order chi connectivity index (χ0) is 17.7. The van der Waals surface area contributed by atoms with Crippen molar-refractivity contribution in [1.29, 1.82) is 0 Å². The maximum atomic E-state index is 2.44. The van der Waals surface area contributed by atoms with E-state index < -0.39 is 0 Å². The Hall–Kier alpha value is -1.57. The van der Waals surface area contributed by atoms with Gasteiger partial charge in [-0.05, 0) is 18.4 Å². The summed E-state index contributed by atoms with van der Waals surface area (Å²) in [7, 11) is 2.16. The molecule has 2 rings (SSSR count). The van der Waals surface area contributed by atoms with Gasteiger partial charge in [0.15, 0.2) is 0 Å². The fourth-order valence-electron chi connectivity index (χ4n) is 3.53. The number of hydrogen-bond acceptors (Lipinski definition) is 0. The number of imidazole rings is 1. The van der Waals surface area contributed by atoms with Crippen molar-refractivity contribution in [2.75, 3.05) is 0 Å². The van der Waals surface area contributed by atoms with Gasteiger partial charge in [-0.2, -0.15) is 0 Å². The van der Waals surface area contributed by atoms with Crippen molar-refractivity contribution in [2.24, 2.45) is 7.05 Å². The maximum Gasteiger partial charge on any atom is 0.260 e. The van der Waals surface area contributed by atoms with Gasteiger partial charge in [-0.25, -0.2) is 9.13 Å². The minimum atomic E-state index is 1.02. The molecule has 1 aromatic heterocycles. The lowest BCUT2D eigenvalue weighted by Gasteiger charge is -2.04. The van der Waals surface area contributed by atoms with Crippen LogP contribution in [0.2, 0.25) is 0 Å². The molecule has 138 valence electrons. The third-order valence-electron chi connectivity index (χ3n) is 5.17. The van der Waals surface area contributed by atoms with Crippen molar-refractivity contribution in [1.82, 2.24) is 4.57 Å². The molecule has 0 unspecified atom stereocenters. The summed E-state index contributed by atoms with van der Waals surface area (Å²) in [4.78, 5) is 0. The molecule has 0 aliphatic heterocycles. The van der Waals surface area contributed by atoms with Gasteiger partial charge in [0.25, 0.3) is 5.82 Å². The number of unbranched alkanes of at least 4 members (excludes halogenated alkanes) is 9. The van der Waals surface area contributed by atoms with Crippen molar-refractivity contribution in [3.63, 3.8) is 0 Å². The quantitative estimate of drug-likeness (QED) is 0.320. The number of nitrogens with zero attached hydrogens (tertiary/aromatic N) is 2. The second-order valence-electron chi connectivity index (χ2n) is 7.36. The highest BCUT2D eigenvalue weighted by Crippen LogP contribution is 2.12. The van der Waals surface area contributed by atoms with Crippen molar-refractivity contribution in [2.45, 2.75) is 84.1 Å². The molecule has 0 aliphatic carbocycles. The van der Waals surface area contributed by atoms with Crippen LogP contribution in [0.25, 0.3) is 0 Å². The van der Waals surface area contributed by atoms with E-state index in [9.17, 15) is 0 Å². The van der Waals surface area contributed by atoms with Crippen LogP contribution in [0.4, 0.5) is 0 Å². The second-order valence-corrected chi connectivity index (χ2v) is 7.36. The van der Waals surface area contributed by atoms with Crippen LogP contribution in [0, 0.1) is 0 Å². The van der Waals surface area contributed by atoms with Gasteiger partial charge < -0.3 is 0 Å². The van der Waals surface area contributed by atoms with E-state index in [-0.39, 0.29) is 0 Å². The lowest BCUT2D eigenvalue weighted by atomic mass is 10.1. The molecule has 0 bridgehead atoms. The predicted molar refractivity (Wildman–Crippen MR) is 107 cm³/mol. The first kappa shape index (κ1) is 19.8. The number of hydrogen-bond donors (Lipinski definition) is 0. The third kappa shape index (κ3) is 7.46.